The molecular weight excluding hydrogens is 288 g/mol. The summed E-state index contributed by atoms with van der Waals surface area (Å²) < 4.78 is 23.5. The van der Waals surface area contributed by atoms with Crippen LogP contribution in [0.5, 0.6) is 0 Å². The molecule has 21 heavy (non-hydrogen) atoms. The van der Waals surface area contributed by atoms with Crippen LogP contribution in [-0.4, -0.2) is 42.5 Å². The smallest absolute Gasteiger partial charge is 0.152 e. The average molecular weight is 312 g/mol. The molecule has 2 N–H and O–H groups in total. The predicted octanol–water partition coefficient (Wildman–Crippen LogP) is 1.90. The molecule has 0 radical (unpaired) electrons. The number of aromatic nitrogens is 2. The van der Waals surface area contributed by atoms with Gasteiger partial charge < -0.3 is 10.6 Å². The standard InChI is InChI=1S/C14H24N4O2S/c1-4-7-15-13-10(2)14(17-11(3)16-13)18-12-6-5-8-21(19,20)9-12/h12H,4-9H2,1-3H3,(H2,15,16,17,18). The molecule has 7 heteroatoms. The zero-order valence-corrected chi connectivity index (χ0v) is 13.8. The Labute approximate surface area is 126 Å². The van der Waals surface area contributed by atoms with Crippen LogP contribution in [0.2, 0.25) is 0 Å². The van der Waals surface area contributed by atoms with Gasteiger partial charge >= 0.3 is 0 Å². The molecule has 0 saturated carbocycles. The zero-order chi connectivity index (χ0) is 15.5. The fourth-order valence-electron chi connectivity index (χ4n) is 2.51. The van der Waals surface area contributed by atoms with Crippen LogP contribution in [0.3, 0.4) is 0 Å². The first-order valence-corrected chi connectivity index (χ1v) is 9.29. The van der Waals surface area contributed by atoms with Crippen molar-refractivity contribution in [2.75, 3.05) is 28.7 Å². The van der Waals surface area contributed by atoms with Gasteiger partial charge in [-0.2, -0.15) is 0 Å². The number of hydrogen-bond donors (Lipinski definition) is 2. The van der Waals surface area contributed by atoms with Gasteiger partial charge in [-0.05, 0) is 33.1 Å². The van der Waals surface area contributed by atoms with E-state index < -0.39 is 9.84 Å². The van der Waals surface area contributed by atoms with Gasteiger partial charge in [-0.15, -0.1) is 0 Å². The Balaban J connectivity index is 2.17. The van der Waals surface area contributed by atoms with E-state index in [9.17, 15) is 8.42 Å². The third-order valence-electron chi connectivity index (χ3n) is 3.60. The monoisotopic (exact) mass is 312 g/mol. The minimum Gasteiger partial charge on any atom is -0.370 e. The van der Waals surface area contributed by atoms with Crippen LogP contribution in [0.15, 0.2) is 0 Å². The molecule has 1 aromatic rings. The van der Waals surface area contributed by atoms with Crippen molar-refractivity contribution in [1.29, 1.82) is 0 Å². The lowest BCUT2D eigenvalue weighted by molar-refractivity contribution is 0.561. The number of sulfone groups is 1. The van der Waals surface area contributed by atoms with Gasteiger partial charge in [0, 0.05) is 18.2 Å². The fraction of sp³-hybridized carbons (Fsp3) is 0.714. The minimum absolute atomic E-state index is 0.0595. The molecule has 1 aliphatic heterocycles. The summed E-state index contributed by atoms with van der Waals surface area (Å²) in [7, 11) is -2.92. The van der Waals surface area contributed by atoms with Gasteiger partial charge in [0.1, 0.15) is 17.5 Å². The summed E-state index contributed by atoms with van der Waals surface area (Å²) in [5.41, 5.74) is 0.942. The molecule has 2 rings (SSSR count). The summed E-state index contributed by atoms with van der Waals surface area (Å²) in [5.74, 6) is 2.73. The Kier molecular flexibility index (Phi) is 5.03. The van der Waals surface area contributed by atoms with Gasteiger partial charge in [-0.3, -0.25) is 0 Å². The second kappa shape index (κ2) is 6.60. The Morgan fingerprint density at radius 1 is 1.24 bits per heavy atom. The van der Waals surface area contributed by atoms with Crippen LogP contribution in [0.1, 0.15) is 37.6 Å². The highest BCUT2D eigenvalue weighted by molar-refractivity contribution is 7.91. The number of aryl methyl sites for hydroxylation is 1. The Morgan fingerprint density at radius 3 is 2.62 bits per heavy atom. The molecule has 1 saturated heterocycles. The van der Waals surface area contributed by atoms with Crippen LogP contribution in [0, 0.1) is 13.8 Å². The van der Waals surface area contributed by atoms with Gasteiger partial charge in [0.15, 0.2) is 9.84 Å². The zero-order valence-electron chi connectivity index (χ0n) is 12.9. The van der Waals surface area contributed by atoms with Crippen molar-refractivity contribution in [3.05, 3.63) is 11.4 Å². The van der Waals surface area contributed by atoms with E-state index in [1.165, 1.54) is 0 Å². The Hall–Kier alpha value is -1.37. The molecule has 1 fully saturated rings. The number of nitrogens with zero attached hydrogens (tertiary/aromatic N) is 2. The summed E-state index contributed by atoms with van der Waals surface area (Å²) in [6.07, 6.45) is 2.59. The van der Waals surface area contributed by atoms with Crippen molar-refractivity contribution in [2.24, 2.45) is 0 Å². The van der Waals surface area contributed by atoms with Crippen LogP contribution in [0.25, 0.3) is 0 Å². The van der Waals surface area contributed by atoms with E-state index in [4.69, 9.17) is 0 Å². The van der Waals surface area contributed by atoms with Crippen molar-refractivity contribution >= 4 is 21.5 Å². The molecule has 1 atom stereocenters. The van der Waals surface area contributed by atoms with E-state index in [1.807, 2.05) is 13.8 Å². The predicted molar refractivity (Wildman–Crippen MR) is 85.6 cm³/mol. The molecule has 0 bridgehead atoms. The molecule has 0 aromatic carbocycles. The molecule has 2 heterocycles. The minimum atomic E-state index is -2.92. The fourth-order valence-corrected chi connectivity index (χ4v) is 4.15. The van der Waals surface area contributed by atoms with Crippen LogP contribution in [-0.2, 0) is 9.84 Å². The molecular formula is C14H24N4O2S. The van der Waals surface area contributed by atoms with E-state index >= 15 is 0 Å². The van der Waals surface area contributed by atoms with E-state index in [-0.39, 0.29) is 11.8 Å². The number of hydrogen-bond acceptors (Lipinski definition) is 6. The van der Waals surface area contributed by atoms with Gasteiger partial charge in [0.2, 0.25) is 0 Å². The number of anilines is 2. The molecule has 1 aliphatic rings. The van der Waals surface area contributed by atoms with E-state index in [2.05, 4.69) is 27.5 Å². The van der Waals surface area contributed by atoms with E-state index in [0.29, 0.717) is 18.0 Å². The SMILES string of the molecule is CCCNc1nc(C)nc(NC2CCCS(=O)(=O)C2)c1C. The molecule has 1 unspecified atom stereocenters. The molecule has 0 spiro atoms. The van der Waals surface area contributed by atoms with Gasteiger partial charge in [-0.25, -0.2) is 18.4 Å². The average Bonchev–Trinajstić information content (AvgIpc) is 2.39. The van der Waals surface area contributed by atoms with Gasteiger partial charge in [0.05, 0.1) is 11.5 Å². The highest BCUT2D eigenvalue weighted by atomic mass is 32.2. The lowest BCUT2D eigenvalue weighted by atomic mass is 10.1. The third-order valence-corrected chi connectivity index (χ3v) is 5.42. The first kappa shape index (κ1) is 16.0. The largest absolute Gasteiger partial charge is 0.370 e. The van der Waals surface area contributed by atoms with Crippen molar-refractivity contribution in [1.82, 2.24) is 9.97 Å². The second-order valence-corrected chi connectivity index (χ2v) is 7.85. The second-order valence-electron chi connectivity index (χ2n) is 5.62. The molecule has 118 valence electrons. The molecule has 6 nitrogen and oxygen atoms in total. The van der Waals surface area contributed by atoms with Crippen LogP contribution < -0.4 is 10.6 Å². The summed E-state index contributed by atoms with van der Waals surface area (Å²) in [6, 6.07) is -0.0595. The maximum Gasteiger partial charge on any atom is 0.152 e. The van der Waals surface area contributed by atoms with E-state index in [1.54, 1.807) is 0 Å². The van der Waals surface area contributed by atoms with Crippen molar-refractivity contribution < 1.29 is 8.42 Å². The summed E-state index contributed by atoms with van der Waals surface area (Å²) in [4.78, 5) is 8.84. The molecule has 1 aromatic heterocycles. The van der Waals surface area contributed by atoms with Crippen molar-refractivity contribution in [2.45, 2.75) is 46.1 Å². The highest BCUT2D eigenvalue weighted by Gasteiger charge is 2.25. The molecule has 0 amide bonds. The lowest BCUT2D eigenvalue weighted by Gasteiger charge is -2.24. The first-order valence-electron chi connectivity index (χ1n) is 7.47. The number of nitrogens with one attached hydrogen (secondary N) is 2. The van der Waals surface area contributed by atoms with Gasteiger partial charge in [0.25, 0.3) is 0 Å². The number of rotatable bonds is 5. The maximum absolute atomic E-state index is 11.7. The lowest BCUT2D eigenvalue weighted by Crippen LogP contribution is -2.35. The summed E-state index contributed by atoms with van der Waals surface area (Å²) in [6.45, 7) is 6.76. The summed E-state index contributed by atoms with van der Waals surface area (Å²) >= 11 is 0. The molecule has 0 aliphatic carbocycles. The summed E-state index contributed by atoms with van der Waals surface area (Å²) in [5, 5.41) is 6.58. The highest BCUT2D eigenvalue weighted by Crippen LogP contribution is 2.23. The van der Waals surface area contributed by atoms with Crippen LogP contribution >= 0.6 is 0 Å². The maximum atomic E-state index is 11.7. The van der Waals surface area contributed by atoms with Crippen molar-refractivity contribution in [3.8, 4) is 0 Å². The van der Waals surface area contributed by atoms with E-state index in [0.717, 1.165) is 36.6 Å². The van der Waals surface area contributed by atoms with Crippen LogP contribution in [0.4, 0.5) is 11.6 Å². The topological polar surface area (TPSA) is 84.0 Å². The Bertz CT molecular complexity index is 601. The third kappa shape index (κ3) is 4.30. The normalized spacial score (nSPS) is 21.0. The van der Waals surface area contributed by atoms with Crippen molar-refractivity contribution in [3.63, 3.8) is 0 Å². The Morgan fingerprint density at radius 2 is 1.95 bits per heavy atom. The quantitative estimate of drug-likeness (QED) is 0.864. The first-order chi connectivity index (χ1) is 9.91. The van der Waals surface area contributed by atoms with Gasteiger partial charge in [-0.1, -0.05) is 6.92 Å².